The van der Waals surface area contributed by atoms with Crippen molar-refractivity contribution >= 4 is 9.84 Å². The third-order valence-electron chi connectivity index (χ3n) is 3.14. The second-order valence-electron chi connectivity index (χ2n) is 4.29. The van der Waals surface area contributed by atoms with Gasteiger partial charge in [0.1, 0.15) is 11.0 Å². The molecular weight excluding hydrogens is 254 g/mol. The Balaban J connectivity index is 2.28. The van der Waals surface area contributed by atoms with Crippen LogP contribution in [-0.2, 0) is 14.6 Å². The summed E-state index contributed by atoms with van der Waals surface area (Å²) in [6, 6.07) is 5.96. The van der Waals surface area contributed by atoms with Gasteiger partial charge in [-0.3, -0.25) is 0 Å². The average molecular weight is 271 g/mol. The molecule has 2 N–H and O–H groups in total. The lowest BCUT2D eigenvalue weighted by atomic mass is 10.1. The molecular formula is C12H17NO4S. The first kappa shape index (κ1) is 13.3. The molecule has 2 unspecified atom stereocenters. The molecule has 0 aliphatic carbocycles. The molecule has 5 nitrogen and oxygen atoms in total. The van der Waals surface area contributed by atoms with E-state index in [4.69, 9.17) is 15.2 Å². The first-order chi connectivity index (χ1) is 8.55. The van der Waals surface area contributed by atoms with Gasteiger partial charge in [0.05, 0.1) is 18.6 Å². The van der Waals surface area contributed by atoms with Crippen LogP contribution in [0.15, 0.2) is 29.2 Å². The first-order valence-electron chi connectivity index (χ1n) is 5.77. The van der Waals surface area contributed by atoms with Crippen LogP contribution < -0.4 is 10.5 Å². The molecule has 1 aromatic rings. The zero-order chi connectivity index (χ0) is 13.2. The maximum absolute atomic E-state index is 12.4. The number of methoxy groups -OCH3 is 1. The lowest BCUT2D eigenvalue weighted by Crippen LogP contribution is -2.47. The third kappa shape index (κ3) is 2.50. The van der Waals surface area contributed by atoms with E-state index in [1.807, 2.05) is 0 Å². The molecule has 0 aromatic heterocycles. The van der Waals surface area contributed by atoms with E-state index in [9.17, 15) is 8.42 Å². The Hall–Kier alpha value is -1.11. The number of sulfone groups is 1. The molecule has 1 aromatic carbocycles. The summed E-state index contributed by atoms with van der Waals surface area (Å²) in [5.41, 5.74) is 5.87. The van der Waals surface area contributed by atoms with E-state index in [0.29, 0.717) is 18.8 Å². The van der Waals surface area contributed by atoms with Crippen LogP contribution in [0.3, 0.4) is 0 Å². The van der Waals surface area contributed by atoms with E-state index in [0.717, 1.165) is 0 Å². The number of rotatable bonds is 3. The summed E-state index contributed by atoms with van der Waals surface area (Å²) in [7, 11) is -1.91. The summed E-state index contributed by atoms with van der Waals surface area (Å²) in [6.07, 6.45) is 0.569. The normalized spacial score (nSPS) is 24.8. The quantitative estimate of drug-likeness (QED) is 0.870. The monoisotopic (exact) mass is 271 g/mol. The van der Waals surface area contributed by atoms with Gasteiger partial charge >= 0.3 is 0 Å². The summed E-state index contributed by atoms with van der Waals surface area (Å²) in [4.78, 5) is 0.259. The molecule has 1 heterocycles. The van der Waals surface area contributed by atoms with Crippen molar-refractivity contribution < 1.29 is 17.9 Å². The van der Waals surface area contributed by atoms with E-state index in [1.54, 1.807) is 12.1 Å². The Morgan fingerprint density at radius 1 is 1.33 bits per heavy atom. The SMILES string of the molecule is COc1ccc(S(=O)(=O)C2COCCC2N)cc1. The van der Waals surface area contributed by atoms with Gasteiger partial charge in [0, 0.05) is 12.6 Å². The van der Waals surface area contributed by atoms with E-state index < -0.39 is 15.1 Å². The van der Waals surface area contributed by atoms with Crippen LogP contribution >= 0.6 is 0 Å². The van der Waals surface area contributed by atoms with Crippen LogP contribution in [0.4, 0.5) is 0 Å². The summed E-state index contributed by atoms with van der Waals surface area (Å²) in [6.45, 7) is 0.686. The minimum Gasteiger partial charge on any atom is -0.497 e. The van der Waals surface area contributed by atoms with Crippen LogP contribution in [0.2, 0.25) is 0 Å². The van der Waals surface area contributed by atoms with E-state index >= 15 is 0 Å². The Labute approximate surface area is 107 Å². The van der Waals surface area contributed by atoms with Gasteiger partial charge < -0.3 is 15.2 Å². The maximum Gasteiger partial charge on any atom is 0.185 e. The summed E-state index contributed by atoms with van der Waals surface area (Å²) in [5.74, 6) is 0.623. The van der Waals surface area contributed by atoms with Gasteiger partial charge in [-0.15, -0.1) is 0 Å². The predicted octanol–water partition coefficient (Wildman–Crippen LogP) is 0.585. The summed E-state index contributed by atoms with van der Waals surface area (Å²) >= 11 is 0. The van der Waals surface area contributed by atoms with Gasteiger partial charge in [-0.05, 0) is 30.7 Å². The highest BCUT2D eigenvalue weighted by Crippen LogP contribution is 2.23. The van der Waals surface area contributed by atoms with E-state index in [2.05, 4.69) is 0 Å². The lowest BCUT2D eigenvalue weighted by molar-refractivity contribution is 0.0891. The van der Waals surface area contributed by atoms with Crippen molar-refractivity contribution in [2.75, 3.05) is 20.3 Å². The van der Waals surface area contributed by atoms with Gasteiger partial charge in [0.2, 0.25) is 0 Å². The fourth-order valence-electron chi connectivity index (χ4n) is 1.99. The maximum atomic E-state index is 12.4. The molecule has 0 amide bonds. The Kier molecular flexibility index (Phi) is 3.89. The molecule has 0 radical (unpaired) electrons. The molecule has 0 spiro atoms. The first-order valence-corrected chi connectivity index (χ1v) is 7.31. The molecule has 1 aliphatic heterocycles. The molecule has 18 heavy (non-hydrogen) atoms. The zero-order valence-corrected chi connectivity index (χ0v) is 11.0. The van der Waals surface area contributed by atoms with Crippen LogP contribution in [0.25, 0.3) is 0 Å². The zero-order valence-electron chi connectivity index (χ0n) is 10.2. The molecule has 1 aliphatic rings. The fourth-order valence-corrected chi connectivity index (χ4v) is 3.72. The minimum atomic E-state index is -3.44. The smallest absolute Gasteiger partial charge is 0.185 e. The fraction of sp³-hybridized carbons (Fsp3) is 0.500. The van der Waals surface area contributed by atoms with E-state index in [1.165, 1.54) is 19.2 Å². The van der Waals surface area contributed by atoms with Crippen molar-refractivity contribution in [2.24, 2.45) is 5.73 Å². The number of nitrogens with two attached hydrogens (primary N) is 1. The number of ether oxygens (including phenoxy) is 2. The molecule has 2 atom stereocenters. The van der Waals surface area contributed by atoms with Gasteiger partial charge in [-0.25, -0.2) is 8.42 Å². The van der Waals surface area contributed by atoms with Crippen molar-refractivity contribution in [3.8, 4) is 5.75 Å². The topological polar surface area (TPSA) is 78.6 Å². The number of hydrogen-bond acceptors (Lipinski definition) is 5. The van der Waals surface area contributed by atoms with Gasteiger partial charge in [-0.2, -0.15) is 0 Å². The third-order valence-corrected chi connectivity index (χ3v) is 5.35. The van der Waals surface area contributed by atoms with Crippen molar-refractivity contribution in [3.63, 3.8) is 0 Å². The highest BCUT2D eigenvalue weighted by molar-refractivity contribution is 7.92. The highest BCUT2D eigenvalue weighted by atomic mass is 32.2. The van der Waals surface area contributed by atoms with Crippen molar-refractivity contribution in [3.05, 3.63) is 24.3 Å². The van der Waals surface area contributed by atoms with Gasteiger partial charge in [0.25, 0.3) is 0 Å². The highest BCUT2D eigenvalue weighted by Gasteiger charge is 2.35. The second-order valence-corrected chi connectivity index (χ2v) is 6.45. The largest absolute Gasteiger partial charge is 0.497 e. The van der Waals surface area contributed by atoms with Crippen LogP contribution in [0.5, 0.6) is 5.75 Å². The van der Waals surface area contributed by atoms with Crippen LogP contribution in [0, 0.1) is 0 Å². The van der Waals surface area contributed by atoms with Crippen molar-refractivity contribution in [1.82, 2.24) is 0 Å². The average Bonchev–Trinajstić information content (AvgIpc) is 2.39. The van der Waals surface area contributed by atoms with E-state index in [-0.39, 0.29) is 17.5 Å². The summed E-state index contributed by atoms with van der Waals surface area (Å²) < 4.78 is 35.0. The molecule has 100 valence electrons. The molecule has 1 fully saturated rings. The Morgan fingerprint density at radius 3 is 2.56 bits per heavy atom. The number of benzene rings is 1. The molecule has 0 saturated carbocycles. The molecule has 6 heteroatoms. The number of hydrogen-bond donors (Lipinski definition) is 1. The standard InChI is InChI=1S/C12H17NO4S/c1-16-9-2-4-10(5-3-9)18(14,15)12-8-17-7-6-11(12)13/h2-5,11-12H,6-8,13H2,1H3. The van der Waals surface area contributed by atoms with Gasteiger partial charge in [-0.1, -0.05) is 0 Å². The van der Waals surface area contributed by atoms with Crippen LogP contribution in [-0.4, -0.2) is 40.0 Å². The molecule has 2 rings (SSSR count). The Morgan fingerprint density at radius 2 is 2.00 bits per heavy atom. The van der Waals surface area contributed by atoms with Crippen molar-refractivity contribution in [1.29, 1.82) is 0 Å². The van der Waals surface area contributed by atoms with Crippen molar-refractivity contribution in [2.45, 2.75) is 22.6 Å². The lowest BCUT2D eigenvalue weighted by Gasteiger charge is -2.28. The van der Waals surface area contributed by atoms with Crippen LogP contribution in [0.1, 0.15) is 6.42 Å². The molecule has 1 saturated heterocycles. The second kappa shape index (κ2) is 5.26. The van der Waals surface area contributed by atoms with Gasteiger partial charge in [0.15, 0.2) is 9.84 Å². The molecule has 0 bridgehead atoms. The summed E-state index contributed by atoms with van der Waals surface area (Å²) in [5, 5.41) is -0.667. The minimum absolute atomic E-state index is 0.162. The predicted molar refractivity (Wildman–Crippen MR) is 67.4 cm³/mol. The Bertz CT molecular complexity index is 497.